The first-order chi connectivity index (χ1) is 8.66. The van der Waals surface area contributed by atoms with Gasteiger partial charge in [0, 0.05) is 30.6 Å². The molecule has 0 saturated carbocycles. The lowest BCUT2D eigenvalue weighted by atomic mass is 10.2. The van der Waals surface area contributed by atoms with Gasteiger partial charge in [0.05, 0.1) is 0 Å². The smallest absolute Gasteiger partial charge is 0.246 e. The van der Waals surface area contributed by atoms with E-state index >= 15 is 0 Å². The third-order valence-electron chi connectivity index (χ3n) is 3.13. The minimum absolute atomic E-state index is 0.0601. The second-order valence-electron chi connectivity index (χ2n) is 4.47. The molecule has 1 unspecified atom stereocenters. The third-order valence-corrected chi connectivity index (χ3v) is 4.27. The average molecular weight is 262 g/mol. The topological polar surface area (TPSA) is 46.3 Å². The molecule has 2 N–H and O–H groups in total. The normalized spacial score (nSPS) is 19.3. The van der Waals surface area contributed by atoms with Gasteiger partial charge in [-0.2, -0.15) is 11.8 Å². The van der Waals surface area contributed by atoms with Crippen LogP contribution in [0.15, 0.2) is 30.3 Å². The highest BCUT2D eigenvalue weighted by Crippen LogP contribution is 2.21. The Balaban J connectivity index is 1.97. The number of hydrogen-bond donors (Lipinski definition) is 1. The lowest BCUT2D eigenvalue weighted by molar-refractivity contribution is -0.126. The van der Waals surface area contributed by atoms with Crippen LogP contribution in [0.5, 0.6) is 0 Å². The van der Waals surface area contributed by atoms with Crippen molar-refractivity contribution < 1.29 is 4.79 Å². The lowest BCUT2D eigenvalue weighted by Gasteiger charge is -2.22. The van der Waals surface area contributed by atoms with Crippen molar-refractivity contribution in [2.75, 3.05) is 24.3 Å². The van der Waals surface area contributed by atoms with Crippen LogP contribution in [0.25, 0.3) is 6.08 Å². The molecule has 1 aromatic carbocycles. The quantitative estimate of drug-likeness (QED) is 0.671. The summed E-state index contributed by atoms with van der Waals surface area (Å²) >= 11 is 1.91. The number of carbonyl (C=O) groups excluding carboxylic acids is 1. The van der Waals surface area contributed by atoms with Gasteiger partial charge in [0.2, 0.25) is 5.91 Å². The van der Waals surface area contributed by atoms with E-state index in [0.717, 1.165) is 23.5 Å². The predicted molar refractivity (Wildman–Crippen MR) is 78.4 cm³/mol. The summed E-state index contributed by atoms with van der Waals surface area (Å²) in [6, 6.07) is 7.89. The number of benzene rings is 1. The van der Waals surface area contributed by atoms with Crippen molar-refractivity contribution in [2.24, 2.45) is 0 Å². The fourth-order valence-electron chi connectivity index (χ4n) is 1.96. The summed E-state index contributed by atoms with van der Waals surface area (Å²) in [5, 5.41) is 0. The van der Waals surface area contributed by atoms with Gasteiger partial charge in [0.1, 0.15) is 0 Å². The van der Waals surface area contributed by atoms with E-state index in [0.29, 0.717) is 11.7 Å². The SMILES string of the molecule is CN(C(=O)/C=C/c1cccc(N)c1)C1CCSC1. The Hall–Kier alpha value is -1.42. The molecule has 1 fully saturated rings. The molecule has 1 aliphatic heterocycles. The summed E-state index contributed by atoms with van der Waals surface area (Å²) in [7, 11) is 1.88. The Kier molecular flexibility index (Phi) is 4.31. The van der Waals surface area contributed by atoms with Gasteiger partial charge in [0.15, 0.2) is 0 Å². The zero-order valence-electron chi connectivity index (χ0n) is 10.5. The number of hydrogen-bond acceptors (Lipinski definition) is 3. The molecule has 0 bridgehead atoms. The van der Waals surface area contributed by atoms with E-state index in [9.17, 15) is 4.79 Å². The van der Waals surface area contributed by atoms with Crippen molar-refractivity contribution in [3.63, 3.8) is 0 Å². The molecule has 1 saturated heterocycles. The number of rotatable bonds is 3. The number of anilines is 1. The average Bonchev–Trinajstić information content (AvgIpc) is 2.89. The highest BCUT2D eigenvalue weighted by Gasteiger charge is 2.22. The summed E-state index contributed by atoms with van der Waals surface area (Å²) in [4.78, 5) is 13.8. The number of amides is 1. The van der Waals surface area contributed by atoms with E-state index in [-0.39, 0.29) is 5.91 Å². The van der Waals surface area contributed by atoms with Gasteiger partial charge in [-0.25, -0.2) is 0 Å². The third kappa shape index (κ3) is 3.29. The van der Waals surface area contributed by atoms with E-state index in [4.69, 9.17) is 5.73 Å². The number of nitrogens with zero attached hydrogens (tertiary/aromatic N) is 1. The molecular formula is C14H18N2OS. The van der Waals surface area contributed by atoms with Crippen LogP contribution in [0.3, 0.4) is 0 Å². The lowest BCUT2D eigenvalue weighted by Crippen LogP contribution is -2.35. The Morgan fingerprint density at radius 3 is 3.06 bits per heavy atom. The highest BCUT2D eigenvalue weighted by atomic mass is 32.2. The van der Waals surface area contributed by atoms with Crippen LogP contribution >= 0.6 is 11.8 Å². The number of nitrogens with two attached hydrogens (primary N) is 1. The summed E-state index contributed by atoms with van der Waals surface area (Å²) < 4.78 is 0. The summed E-state index contributed by atoms with van der Waals surface area (Å²) in [6.07, 6.45) is 4.54. The van der Waals surface area contributed by atoms with Gasteiger partial charge < -0.3 is 10.6 Å². The minimum atomic E-state index is 0.0601. The Morgan fingerprint density at radius 2 is 2.39 bits per heavy atom. The molecule has 1 aromatic rings. The van der Waals surface area contributed by atoms with Crippen LogP contribution in [-0.2, 0) is 4.79 Å². The maximum atomic E-state index is 12.0. The van der Waals surface area contributed by atoms with E-state index < -0.39 is 0 Å². The molecule has 18 heavy (non-hydrogen) atoms. The van der Waals surface area contributed by atoms with Crippen LogP contribution in [-0.4, -0.2) is 35.4 Å². The maximum Gasteiger partial charge on any atom is 0.246 e. The Labute approximate surface area is 112 Å². The highest BCUT2D eigenvalue weighted by molar-refractivity contribution is 7.99. The van der Waals surface area contributed by atoms with E-state index in [1.807, 2.05) is 54.1 Å². The van der Waals surface area contributed by atoms with Crippen molar-refractivity contribution in [2.45, 2.75) is 12.5 Å². The van der Waals surface area contributed by atoms with Crippen LogP contribution < -0.4 is 5.73 Å². The molecule has 1 atom stereocenters. The predicted octanol–water partition coefficient (Wildman–Crippen LogP) is 2.25. The molecule has 96 valence electrons. The van der Waals surface area contributed by atoms with Gasteiger partial charge in [0.25, 0.3) is 0 Å². The second kappa shape index (κ2) is 5.96. The molecule has 0 spiro atoms. The van der Waals surface area contributed by atoms with Crippen LogP contribution in [0.1, 0.15) is 12.0 Å². The molecular weight excluding hydrogens is 244 g/mol. The standard InChI is InChI=1S/C14H18N2OS/c1-16(13-7-8-18-10-13)14(17)6-5-11-3-2-4-12(15)9-11/h2-6,9,13H,7-8,10,15H2,1H3/b6-5+. The molecule has 1 amide bonds. The van der Waals surface area contributed by atoms with E-state index in [1.165, 1.54) is 0 Å². The van der Waals surface area contributed by atoms with Crippen molar-refractivity contribution >= 4 is 29.4 Å². The van der Waals surface area contributed by atoms with Gasteiger partial charge in [-0.1, -0.05) is 12.1 Å². The van der Waals surface area contributed by atoms with Gasteiger partial charge in [-0.3, -0.25) is 4.79 Å². The summed E-state index contributed by atoms with van der Waals surface area (Å²) in [5.74, 6) is 2.26. The molecule has 2 rings (SSSR count). The van der Waals surface area contributed by atoms with Crippen LogP contribution in [0, 0.1) is 0 Å². The van der Waals surface area contributed by atoms with Gasteiger partial charge in [-0.05, 0) is 35.9 Å². The van der Waals surface area contributed by atoms with Crippen LogP contribution in [0.2, 0.25) is 0 Å². The Morgan fingerprint density at radius 1 is 1.56 bits per heavy atom. The molecule has 0 aromatic heterocycles. The minimum Gasteiger partial charge on any atom is -0.399 e. The number of likely N-dealkylation sites (N-methyl/N-ethyl adjacent to an activating group) is 1. The van der Waals surface area contributed by atoms with Crippen molar-refractivity contribution in [3.05, 3.63) is 35.9 Å². The monoisotopic (exact) mass is 262 g/mol. The van der Waals surface area contributed by atoms with Crippen molar-refractivity contribution in [3.8, 4) is 0 Å². The fraction of sp³-hybridized carbons (Fsp3) is 0.357. The van der Waals surface area contributed by atoms with E-state index in [2.05, 4.69) is 0 Å². The second-order valence-corrected chi connectivity index (χ2v) is 5.62. The molecule has 0 aliphatic carbocycles. The molecule has 1 aliphatic rings. The van der Waals surface area contributed by atoms with Crippen molar-refractivity contribution in [1.29, 1.82) is 0 Å². The molecule has 4 heteroatoms. The zero-order valence-corrected chi connectivity index (χ0v) is 11.3. The first-order valence-corrected chi connectivity index (χ1v) is 7.20. The molecule has 0 radical (unpaired) electrons. The summed E-state index contributed by atoms with van der Waals surface area (Å²) in [6.45, 7) is 0. The number of thioether (sulfide) groups is 1. The van der Waals surface area contributed by atoms with Gasteiger partial charge >= 0.3 is 0 Å². The first-order valence-electron chi connectivity index (χ1n) is 6.05. The van der Waals surface area contributed by atoms with Crippen molar-refractivity contribution in [1.82, 2.24) is 4.90 Å². The fourth-order valence-corrected chi connectivity index (χ4v) is 3.22. The zero-order chi connectivity index (χ0) is 13.0. The van der Waals surface area contributed by atoms with E-state index in [1.54, 1.807) is 6.08 Å². The first kappa shape index (κ1) is 13.0. The number of nitrogen functional groups attached to an aromatic ring is 1. The van der Waals surface area contributed by atoms with Crippen LogP contribution in [0.4, 0.5) is 5.69 Å². The largest absolute Gasteiger partial charge is 0.399 e. The summed E-state index contributed by atoms with van der Waals surface area (Å²) in [5.41, 5.74) is 7.36. The van der Waals surface area contributed by atoms with Gasteiger partial charge in [-0.15, -0.1) is 0 Å². The molecule has 1 heterocycles. The maximum absolute atomic E-state index is 12.0. The molecule has 3 nitrogen and oxygen atoms in total. The Bertz CT molecular complexity index is 453. The number of carbonyl (C=O) groups is 1.